The van der Waals surface area contributed by atoms with E-state index in [9.17, 15) is 18.0 Å². The molecular weight excluding hydrogens is 385 g/mol. The number of nitrogens with zero attached hydrogens (tertiary/aromatic N) is 1. The Balaban J connectivity index is 2.27. The zero-order valence-corrected chi connectivity index (χ0v) is 15.2. The van der Waals surface area contributed by atoms with E-state index in [1.165, 1.54) is 14.2 Å². The molecule has 0 radical (unpaired) electrons. The van der Waals surface area contributed by atoms with Crippen LogP contribution in [0.5, 0.6) is 5.75 Å². The maximum Gasteiger partial charge on any atom is 0.416 e. The van der Waals surface area contributed by atoms with Gasteiger partial charge in [-0.2, -0.15) is 13.2 Å². The van der Waals surface area contributed by atoms with Crippen LogP contribution in [0.25, 0.3) is 0 Å². The molecule has 5 nitrogen and oxygen atoms in total. The fourth-order valence-electron chi connectivity index (χ4n) is 2.25. The molecule has 0 saturated carbocycles. The molecule has 0 atom stereocenters. The summed E-state index contributed by atoms with van der Waals surface area (Å²) in [5, 5.41) is 6.03. The maximum absolute atomic E-state index is 12.7. The number of halogens is 4. The van der Waals surface area contributed by atoms with Crippen molar-refractivity contribution >= 4 is 23.2 Å². The average molecular weight is 401 g/mol. The number of likely N-dealkylation sites (N-methyl/N-ethyl adjacent to an activating group) is 1. The third-order valence-corrected chi connectivity index (χ3v) is 3.83. The number of alkyl halides is 3. The first-order chi connectivity index (χ1) is 12.8. The van der Waals surface area contributed by atoms with Gasteiger partial charge in [-0.25, -0.2) is 0 Å². The van der Waals surface area contributed by atoms with Gasteiger partial charge in [0.1, 0.15) is 19.5 Å². The Morgan fingerprint density at radius 3 is 2.52 bits per heavy atom. The normalized spacial score (nSPS) is 11.9. The van der Waals surface area contributed by atoms with Gasteiger partial charge in [-0.15, -0.1) is 0 Å². The van der Waals surface area contributed by atoms with Crippen molar-refractivity contribution in [2.24, 2.45) is 5.16 Å². The summed E-state index contributed by atoms with van der Waals surface area (Å²) >= 11 is 5.89. The van der Waals surface area contributed by atoms with Crippen LogP contribution in [-0.4, -0.2) is 25.8 Å². The highest BCUT2D eigenvalue weighted by Crippen LogP contribution is 2.35. The summed E-state index contributed by atoms with van der Waals surface area (Å²) in [6, 6.07) is 9.61. The molecule has 0 aromatic heterocycles. The molecule has 0 aliphatic heterocycles. The number of nitrogens with one attached hydrogen (secondary N) is 1. The third kappa shape index (κ3) is 5.13. The van der Waals surface area contributed by atoms with Crippen LogP contribution in [0.4, 0.5) is 13.2 Å². The molecule has 0 bridgehead atoms. The number of hydrogen-bond donors (Lipinski definition) is 1. The van der Waals surface area contributed by atoms with Gasteiger partial charge in [-0.05, 0) is 23.8 Å². The lowest BCUT2D eigenvalue weighted by Crippen LogP contribution is -2.29. The standard InChI is InChI=1S/C18H16ClF3N2O3/c1-23-17(25)16(24-26-2)13-6-4-3-5-11(13)10-27-15-8-7-12(9-14(15)19)18(20,21)22/h3-9H,10H2,1-2H3,(H,23,25). The third-order valence-electron chi connectivity index (χ3n) is 3.54. The quantitative estimate of drug-likeness (QED) is 0.588. The van der Waals surface area contributed by atoms with E-state index in [0.29, 0.717) is 11.1 Å². The second kappa shape index (κ2) is 8.77. The molecule has 2 aromatic rings. The van der Waals surface area contributed by atoms with Gasteiger partial charge in [0.25, 0.3) is 5.91 Å². The van der Waals surface area contributed by atoms with E-state index in [1.54, 1.807) is 24.3 Å². The van der Waals surface area contributed by atoms with Crippen molar-refractivity contribution < 1.29 is 27.5 Å². The van der Waals surface area contributed by atoms with Crippen LogP contribution in [0.15, 0.2) is 47.6 Å². The van der Waals surface area contributed by atoms with E-state index >= 15 is 0 Å². The van der Waals surface area contributed by atoms with Gasteiger partial charge in [0.05, 0.1) is 10.6 Å². The van der Waals surface area contributed by atoms with Crippen molar-refractivity contribution in [3.05, 3.63) is 64.2 Å². The molecule has 27 heavy (non-hydrogen) atoms. The van der Waals surface area contributed by atoms with Crippen LogP contribution >= 0.6 is 11.6 Å². The number of ether oxygens (including phenoxy) is 1. The van der Waals surface area contributed by atoms with Crippen LogP contribution in [0, 0.1) is 0 Å². The molecule has 144 valence electrons. The Bertz CT molecular complexity index is 854. The van der Waals surface area contributed by atoms with Crippen LogP contribution in [0.1, 0.15) is 16.7 Å². The van der Waals surface area contributed by atoms with Crippen molar-refractivity contribution in [1.82, 2.24) is 5.32 Å². The number of oxime groups is 1. The number of hydrogen-bond acceptors (Lipinski definition) is 4. The minimum Gasteiger partial charge on any atom is -0.487 e. The fourth-order valence-corrected chi connectivity index (χ4v) is 2.48. The SMILES string of the molecule is CNC(=O)C(=NOC)c1ccccc1COc1ccc(C(F)(F)F)cc1Cl. The Morgan fingerprint density at radius 1 is 1.22 bits per heavy atom. The lowest BCUT2D eigenvalue weighted by atomic mass is 10.0. The van der Waals surface area contributed by atoms with Gasteiger partial charge in [0.15, 0.2) is 5.71 Å². The van der Waals surface area contributed by atoms with Crippen molar-refractivity contribution in [2.45, 2.75) is 12.8 Å². The first kappa shape index (κ1) is 20.6. The van der Waals surface area contributed by atoms with E-state index < -0.39 is 17.6 Å². The van der Waals surface area contributed by atoms with Gasteiger partial charge < -0.3 is 14.9 Å². The molecule has 0 saturated heterocycles. The van der Waals surface area contributed by atoms with Crippen LogP contribution in [0.2, 0.25) is 5.02 Å². The summed E-state index contributed by atoms with van der Waals surface area (Å²) in [5.41, 5.74) is 0.210. The van der Waals surface area contributed by atoms with Crippen LogP contribution in [0.3, 0.4) is 0 Å². The first-order valence-electron chi connectivity index (χ1n) is 7.69. The smallest absolute Gasteiger partial charge is 0.416 e. The molecule has 0 fully saturated rings. The molecule has 0 aliphatic rings. The summed E-state index contributed by atoms with van der Waals surface area (Å²) in [7, 11) is 2.76. The number of rotatable bonds is 6. The Morgan fingerprint density at radius 2 is 1.93 bits per heavy atom. The topological polar surface area (TPSA) is 59.9 Å². The molecule has 1 amide bonds. The number of amides is 1. The van der Waals surface area contributed by atoms with Crippen molar-refractivity contribution in [3.63, 3.8) is 0 Å². The van der Waals surface area contributed by atoms with Crippen molar-refractivity contribution in [3.8, 4) is 5.75 Å². The lowest BCUT2D eigenvalue weighted by Gasteiger charge is -2.14. The Hall–Kier alpha value is -2.74. The zero-order chi connectivity index (χ0) is 20.0. The lowest BCUT2D eigenvalue weighted by molar-refractivity contribution is -0.137. The average Bonchev–Trinajstić information content (AvgIpc) is 2.64. The highest BCUT2D eigenvalue weighted by atomic mass is 35.5. The summed E-state index contributed by atoms with van der Waals surface area (Å²) < 4.78 is 43.7. The van der Waals surface area contributed by atoms with Gasteiger partial charge in [0, 0.05) is 12.6 Å². The molecule has 0 aliphatic carbocycles. The van der Waals surface area contributed by atoms with Gasteiger partial charge >= 0.3 is 6.18 Å². The number of carbonyl (C=O) groups is 1. The van der Waals surface area contributed by atoms with Crippen LogP contribution in [-0.2, 0) is 22.4 Å². The molecule has 0 spiro atoms. The highest BCUT2D eigenvalue weighted by Gasteiger charge is 2.31. The van der Waals surface area contributed by atoms with E-state index in [1.807, 2.05) is 0 Å². The van der Waals surface area contributed by atoms with Crippen molar-refractivity contribution in [2.75, 3.05) is 14.2 Å². The second-order valence-corrected chi connectivity index (χ2v) is 5.70. The highest BCUT2D eigenvalue weighted by molar-refractivity contribution is 6.45. The molecule has 1 N–H and O–H groups in total. The molecule has 9 heteroatoms. The Labute approximate surface area is 158 Å². The van der Waals surface area contributed by atoms with Gasteiger partial charge in [-0.3, -0.25) is 4.79 Å². The molecular formula is C18H16ClF3N2O3. The van der Waals surface area contributed by atoms with E-state index in [-0.39, 0.29) is 23.1 Å². The minimum absolute atomic E-state index is 0.0396. The maximum atomic E-state index is 12.7. The molecule has 0 heterocycles. The molecule has 2 aromatic carbocycles. The zero-order valence-electron chi connectivity index (χ0n) is 14.4. The van der Waals surface area contributed by atoms with Gasteiger partial charge in [-0.1, -0.05) is 41.0 Å². The van der Waals surface area contributed by atoms with Crippen molar-refractivity contribution in [1.29, 1.82) is 0 Å². The minimum atomic E-state index is -4.49. The van der Waals surface area contributed by atoms with Gasteiger partial charge in [0.2, 0.25) is 0 Å². The summed E-state index contributed by atoms with van der Waals surface area (Å²) in [6.45, 7) is -0.0407. The predicted molar refractivity (Wildman–Crippen MR) is 94.8 cm³/mol. The predicted octanol–water partition coefficient (Wildman–Crippen LogP) is 4.03. The summed E-state index contributed by atoms with van der Waals surface area (Å²) in [4.78, 5) is 16.7. The second-order valence-electron chi connectivity index (χ2n) is 5.29. The first-order valence-corrected chi connectivity index (χ1v) is 8.06. The van der Waals surface area contributed by atoms with E-state index in [2.05, 4.69) is 10.5 Å². The van der Waals surface area contributed by atoms with E-state index in [0.717, 1.165) is 18.2 Å². The summed E-state index contributed by atoms with van der Waals surface area (Å²) in [5.74, 6) is -0.374. The summed E-state index contributed by atoms with van der Waals surface area (Å²) in [6.07, 6.45) is -4.49. The fraction of sp³-hybridized carbons (Fsp3) is 0.222. The molecule has 2 rings (SSSR count). The number of carbonyl (C=O) groups excluding carboxylic acids is 1. The Kier molecular flexibility index (Phi) is 6.68. The van der Waals surface area contributed by atoms with Crippen LogP contribution < -0.4 is 10.1 Å². The largest absolute Gasteiger partial charge is 0.487 e. The monoisotopic (exact) mass is 400 g/mol. The molecule has 0 unspecified atom stereocenters. The number of benzene rings is 2. The van der Waals surface area contributed by atoms with E-state index in [4.69, 9.17) is 21.2 Å².